The highest BCUT2D eigenvalue weighted by Crippen LogP contribution is 2.20. The number of ether oxygens (including phenoxy) is 2. The van der Waals surface area contributed by atoms with Gasteiger partial charge < -0.3 is 9.47 Å². The van der Waals surface area contributed by atoms with Crippen molar-refractivity contribution < 1.29 is 14.3 Å². The molecular weight excluding hydrogens is 388 g/mol. The van der Waals surface area contributed by atoms with Gasteiger partial charge in [-0.25, -0.2) is 9.97 Å². The number of carbonyl (C=O) groups is 1. The fraction of sp³-hybridized carbons (Fsp3) is 0.577. The summed E-state index contributed by atoms with van der Waals surface area (Å²) in [5.41, 5.74) is 2.14. The maximum Gasteiger partial charge on any atom is 0.305 e. The predicted octanol–water partition coefficient (Wildman–Crippen LogP) is 6.55. The summed E-state index contributed by atoms with van der Waals surface area (Å²) in [6.07, 6.45) is 14.5. The van der Waals surface area contributed by atoms with E-state index in [-0.39, 0.29) is 18.7 Å². The third-order valence-corrected chi connectivity index (χ3v) is 5.19. The second-order valence-corrected chi connectivity index (χ2v) is 8.17. The number of unbranched alkanes of at least 4 members (excludes halogenated alkanes) is 6. The monoisotopic (exact) mass is 426 g/mol. The molecule has 1 atom stereocenters. The fourth-order valence-electron chi connectivity index (χ4n) is 3.32. The smallest absolute Gasteiger partial charge is 0.305 e. The molecule has 2 aromatic rings. The third-order valence-electron chi connectivity index (χ3n) is 5.19. The maximum absolute atomic E-state index is 11.8. The molecule has 0 saturated heterocycles. The first kappa shape index (κ1) is 24.8. The van der Waals surface area contributed by atoms with Gasteiger partial charge in [0.25, 0.3) is 0 Å². The molecule has 0 aliphatic heterocycles. The van der Waals surface area contributed by atoms with Crippen LogP contribution in [-0.4, -0.2) is 28.6 Å². The van der Waals surface area contributed by atoms with Crippen LogP contribution in [0.3, 0.4) is 0 Å². The standard InChI is InChI=1S/C26H38N2O3/c1-4-6-8-10-12-22-18-27-26(28-19-22)23-14-16-24(17-15-23)31-21(3)20-30-25(29)13-11-9-7-5-2/h14-19,21H,4-13,20H2,1-3H3. The molecule has 5 heteroatoms. The molecule has 1 heterocycles. The number of hydrogen-bond acceptors (Lipinski definition) is 5. The average molecular weight is 427 g/mol. The van der Waals surface area contributed by atoms with Crippen LogP contribution in [0.1, 0.15) is 84.1 Å². The fourth-order valence-corrected chi connectivity index (χ4v) is 3.32. The number of rotatable bonds is 15. The molecule has 31 heavy (non-hydrogen) atoms. The van der Waals surface area contributed by atoms with Crippen LogP contribution >= 0.6 is 0 Å². The Hall–Kier alpha value is -2.43. The highest BCUT2D eigenvalue weighted by Gasteiger charge is 2.09. The van der Waals surface area contributed by atoms with E-state index in [0.717, 1.165) is 43.4 Å². The number of hydrogen-bond donors (Lipinski definition) is 0. The number of aryl methyl sites for hydroxylation is 1. The van der Waals surface area contributed by atoms with Crippen molar-refractivity contribution in [1.82, 2.24) is 9.97 Å². The molecule has 0 bridgehead atoms. The molecule has 170 valence electrons. The molecule has 0 saturated carbocycles. The summed E-state index contributed by atoms with van der Waals surface area (Å²) in [4.78, 5) is 20.8. The van der Waals surface area contributed by atoms with Crippen LogP contribution < -0.4 is 4.74 Å². The molecule has 1 aromatic heterocycles. The SMILES string of the molecule is CCCCCCC(=O)OCC(C)Oc1ccc(-c2ncc(CCCCCC)cn2)cc1. The van der Waals surface area contributed by atoms with Gasteiger partial charge in [-0.15, -0.1) is 0 Å². The number of benzene rings is 1. The van der Waals surface area contributed by atoms with Crippen LogP contribution in [0.25, 0.3) is 11.4 Å². The van der Waals surface area contributed by atoms with E-state index in [1.54, 1.807) is 0 Å². The molecule has 5 nitrogen and oxygen atoms in total. The van der Waals surface area contributed by atoms with E-state index in [4.69, 9.17) is 9.47 Å². The average Bonchev–Trinajstić information content (AvgIpc) is 2.79. The zero-order valence-corrected chi connectivity index (χ0v) is 19.4. The van der Waals surface area contributed by atoms with Crippen LogP contribution in [0.15, 0.2) is 36.7 Å². The van der Waals surface area contributed by atoms with Crippen molar-refractivity contribution in [2.24, 2.45) is 0 Å². The summed E-state index contributed by atoms with van der Waals surface area (Å²) in [5, 5.41) is 0. The van der Waals surface area contributed by atoms with E-state index in [0.29, 0.717) is 12.2 Å². The van der Waals surface area contributed by atoms with Crippen LogP contribution in [-0.2, 0) is 16.0 Å². The molecule has 0 spiro atoms. The Morgan fingerprint density at radius 3 is 2.19 bits per heavy atom. The summed E-state index contributed by atoms with van der Waals surface area (Å²) in [7, 11) is 0. The first-order chi connectivity index (χ1) is 15.1. The van der Waals surface area contributed by atoms with E-state index in [2.05, 4.69) is 23.8 Å². The minimum atomic E-state index is -0.200. The van der Waals surface area contributed by atoms with E-state index >= 15 is 0 Å². The number of nitrogens with zero attached hydrogens (tertiary/aromatic N) is 2. The Kier molecular flexibility index (Phi) is 11.7. The second kappa shape index (κ2) is 14.6. The lowest BCUT2D eigenvalue weighted by atomic mass is 10.1. The van der Waals surface area contributed by atoms with Crippen LogP contribution in [0.5, 0.6) is 5.75 Å². The van der Waals surface area contributed by atoms with Crippen molar-refractivity contribution in [3.63, 3.8) is 0 Å². The van der Waals surface area contributed by atoms with Crippen LogP contribution in [0.4, 0.5) is 0 Å². The Morgan fingerprint density at radius 1 is 0.903 bits per heavy atom. The molecule has 2 rings (SSSR count). The summed E-state index contributed by atoms with van der Waals surface area (Å²) >= 11 is 0. The lowest BCUT2D eigenvalue weighted by Gasteiger charge is -2.15. The van der Waals surface area contributed by atoms with Gasteiger partial charge in [0.05, 0.1) is 0 Å². The van der Waals surface area contributed by atoms with Crippen LogP contribution in [0.2, 0.25) is 0 Å². The van der Waals surface area contributed by atoms with Crippen molar-refractivity contribution >= 4 is 5.97 Å². The minimum absolute atomic E-state index is 0.145. The maximum atomic E-state index is 11.8. The Balaban J connectivity index is 1.75. The quantitative estimate of drug-likeness (QED) is 0.239. The van der Waals surface area contributed by atoms with Gasteiger partial charge in [0.1, 0.15) is 18.5 Å². The summed E-state index contributed by atoms with van der Waals surface area (Å²) in [6, 6.07) is 7.72. The van der Waals surface area contributed by atoms with Gasteiger partial charge in [-0.3, -0.25) is 4.79 Å². The largest absolute Gasteiger partial charge is 0.487 e. The van der Waals surface area contributed by atoms with Crippen molar-refractivity contribution in [2.45, 2.75) is 91.1 Å². The summed E-state index contributed by atoms with van der Waals surface area (Å²) in [5.74, 6) is 1.31. The van der Waals surface area contributed by atoms with Crippen molar-refractivity contribution in [3.8, 4) is 17.1 Å². The molecule has 1 unspecified atom stereocenters. The number of esters is 1. The lowest BCUT2D eigenvalue weighted by molar-refractivity contribution is -0.146. The van der Waals surface area contributed by atoms with E-state index in [1.165, 1.54) is 31.2 Å². The number of carbonyl (C=O) groups excluding carboxylic acids is 1. The number of aromatic nitrogens is 2. The predicted molar refractivity (Wildman–Crippen MR) is 125 cm³/mol. The molecule has 0 fully saturated rings. The highest BCUT2D eigenvalue weighted by atomic mass is 16.6. The summed E-state index contributed by atoms with van der Waals surface area (Å²) in [6.45, 7) is 6.54. The molecule has 0 aliphatic carbocycles. The summed E-state index contributed by atoms with van der Waals surface area (Å²) < 4.78 is 11.2. The minimum Gasteiger partial charge on any atom is -0.487 e. The second-order valence-electron chi connectivity index (χ2n) is 8.17. The zero-order chi connectivity index (χ0) is 22.3. The molecule has 1 aromatic carbocycles. The first-order valence-electron chi connectivity index (χ1n) is 11.9. The Bertz CT molecular complexity index is 744. The molecular formula is C26H38N2O3. The van der Waals surface area contributed by atoms with Gasteiger partial charge in [-0.1, -0.05) is 52.4 Å². The van der Waals surface area contributed by atoms with E-state index < -0.39 is 0 Å². The first-order valence-corrected chi connectivity index (χ1v) is 11.9. The van der Waals surface area contributed by atoms with Gasteiger partial charge in [0.2, 0.25) is 0 Å². The van der Waals surface area contributed by atoms with Crippen molar-refractivity contribution in [3.05, 3.63) is 42.2 Å². The topological polar surface area (TPSA) is 61.3 Å². The van der Waals surface area contributed by atoms with Crippen LogP contribution in [0, 0.1) is 0 Å². The van der Waals surface area contributed by atoms with Crippen molar-refractivity contribution in [2.75, 3.05) is 6.61 Å². The molecule has 0 radical (unpaired) electrons. The Morgan fingerprint density at radius 2 is 1.55 bits per heavy atom. The van der Waals surface area contributed by atoms with Crippen molar-refractivity contribution in [1.29, 1.82) is 0 Å². The van der Waals surface area contributed by atoms with Gasteiger partial charge in [-0.2, -0.15) is 0 Å². The lowest BCUT2D eigenvalue weighted by Crippen LogP contribution is -2.21. The highest BCUT2D eigenvalue weighted by molar-refractivity contribution is 5.69. The van der Waals surface area contributed by atoms with Gasteiger partial charge in [0, 0.05) is 24.4 Å². The normalized spacial score (nSPS) is 11.8. The molecule has 0 aliphatic rings. The van der Waals surface area contributed by atoms with Gasteiger partial charge in [-0.05, 0) is 56.0 Å². The van der Waals surface area contributed by atoms with E-state index in [9.17, 15) is 4.79 Å². The Labute approximate surface area is 187 Å². The zero-order valence-electron chi connectivity index (χ0n) is 19.4. The van der Waals surface area contributed by atoms with E-state index in [1.807, 2.05) is 43.6 Å². The molecule has 0 amide bonds. The third kappa shape index (κ3) is 9.95. The molecule has 0 N–H and O–H groups in total. The van der Waals surface area contributed by atoms with Gasteiger partial charge >= 0.3 is 5.97 Å². The van der Waals surface area contributed by atoms with Gasteiger partial charge in [0.15, 0.2) is 5.82 Å².